The summed E-state index contributed by atoms with van der Waals surface area (Å²) in [5.74, 6) is 4.68. The molecule has 0 saturated carbocycles. The first kappa shape index (κ1) is 85.8. The number of urea groups is 1. The molecule has 2 aromatic carbocycles. The molecular weight excluding hydrogens is 1480 g/mol. The number of aromatic nitrogens is 2. The van der Waals surface area contributed by atoms with Gasteiger partial charge >= 0.3 is 68.3 Å². The molecule has 101 heavy (non-hydrogen) atoms. The van der Waals surface area contributed by atoms with E-state index >= 15 is 0 Å². The molecule has 46 heteroatoms. The number of carbonyl (C=O) groups excluding carboxylic acids is 2. The average molecular weight is 1560 g/mol. The third-order valence-corrected chi connectivity index (χ3v) is 20.0. The van der Waals surface area contributed by atoms with Crippen molar-refractivity contribution in [1.29, 1.82) is 0 Å². The van der Waals surface area contributed by atoms with Gasteiger partial charge in [-0.3, -0.25) is 19.3 Å². The number of carbonyl (C=O) groups is 3. The second-order valence-corrected chi connectivity index (χ2v) is 29.4. The van der Waals surface area contributed by atoms with E-state index in [0.29, 0.717) is 127 Å². The Labute approximate surface area is 586 Å². The minimum Gasteiger partial charge on any atom is -0.478 e. The summed E-state index contributed by atoms with van der Waals surface area (Å²) in [6.07, 6.45) is 0.892. The van der Waals surface area contributed by atoms with Crippen molar-refractivity contribution >= 4 is 112 Å². The summed E-state index contributed by atoms with van der Waals surface area (Å²) < 4.78 is 138. The molecule has 39 nitrogen and oxygen atoms in total. The Morgan fingerprint density at radius 2 is 1.57 bits per heavy atom. The molecule has 3 aliphatic rings. The Bertz CT molecular complexity index is 4250. The average Bonchev–Trinajstić information content (AvgIpc) is 1.34. The van der Waals surface area contributed by atoms with E-state index in [9.17, 15) is 47.8 Å². The third kappa shape index (κ3) is 32.9. The van der Waals surface area contributed by atoms with Crippen LogP contribution in [0.4, 0.5) is 16.3 Å². The van der Waals surface area contributed by atoms with Crippen molar-refractivity contribution in [3.8, 4) is 34.3 Å². The van der Waals surface area contributed by atoms with Gasteiger partial charge in [0.25, 0.3) is 0 Å². The number of ether oxygens (including phenoxy) is 6. The fourth-order valence-electron chi connectivity index (χ4n) is 8.80. The summed E-state index contributed by atoms with van der Waals surface area (Å²) in [6, 6.07) is 15.0. The number of rotatable bonds is 39. The fraction of sp³-hybridized carbons (Fsp3) is 0.455. The molecule has 2 amide bonds. The number of phosphoric acid groups is 3. The number of fused-ring (bicyclic) bond motifs is 2. The number of esters is 1. The number of nitrogen functional groups attached to an aromatic ring is 2. The van der Waals surface area contributed by atoms with Gasteiger partial charge in [0.15, 0.2) is 5.36 Å². The lowest BCUT2D eigenvalue weighted by Crippen LogP contribution is -2.44. The monoisotopic (exact) mass is 1560 g/mol. The first-order valence-electron chi connectivity index (χ1n) is 29.4. The quantitative estimate of drug-likeness (QED) is 0.00229. The fourth-order valence-corrected chi connectivity index (χ4v) is 14.1. The van der Waals surface area contributed by atoms with Crippen molar-refractivity contribution in [2.75, 3.05) is 90.0 Å². The number of benzene rings is 3. The number of azide groups is 1. The minimum atomic E-state index is -5.82. The molecule has 1 saturated heterocycles. The highest BCUT2D eigenvalue weighted by Crippen LogP contribution is 2.66. The number of anilines is 2. The molecule has 5 atom stereocenters. The molecule has 6 rings (SSSR count). The summed E-state index contributed by atoms with van der Waals surface area (Å²) in [6.45, 7) is 9.66. The molecule has 1 aliphatic carbocycles. The Morgan fingerprint density at radius 3 is 2.27 bits per heavy atom. The SMILES string of the molecule is C=C(NCCOCCOCCCC(=O)OCCC(C)(C)SSCOCCCCCNC(=O)NCC#Cc1cn([C@H]2CC(OCN=[N+]=[N-])[C@@H](COP(=O)(O)OP(=O)(O)OP(=O)(O)O)O2)c(=O)nc1N)c1ccc(C(=O)O)c(-c2c3ccc(=[NH2+])cc-3oc3cc(N)ccc23)c1.O=S(=O)=O.O=S(=O)=O. The van der Waals surface area contributed by atoms with E-state index < -0.39 is 94.1 Å². The third-order valence-electron chi connectivity index (χ3n) is 13.2. The van der Waals surface area contributed by atoms with Crippen LogP contribution in [-0.2, 0) is 81.3 Å². The van der Waals surface area contributed by atoms with E-state index in [0.717, 1.165) is 17.4 Å². The Kier molecular flexibility index (Phi) is 36.3. The lowest BCUT2D eigenvalue weighted by molar-refractivity contribution is -0.172. The van der Waals surface area contributed by atoms with Crippen molar-refractivity contribution in [2.24, 2.45) is 5.11 Å². The van der Waals surface area contributed by atoms with E-state index in [1.54, 1.807) is 76.2 Å². The van der Waals surface area contributed by atoms with Crippen LogP contribution in [0.2, 0.25) is 0 Å². The highest BCUT2D eigenvalue weighted by molar-refractivity contribution is 8.77. The number of nitrogens with two attached hydrogens (primary N) is 3. The second-order valence-electron chi connectivity index (χ2n) is 21.2. The van der Waals surface area contributed by atoms with Gasteiger partial charge in [0, 0.05) is 95.0 Å². The topological polar surface area (TPSA) is 600 Å². The number of nitrogens with zero attached hydrogens (tertiary/aromatic N) is 5. The van der Waals surface area contributed by atoms with E-state index in [1.807, 2.05) is 0 Å². The van der Waals surface area contributed by atoms with Gasteiger partial charge < -0.3 is 84.9 Å². The number of carboxylic acids is 1. The van der Waals surface area contributed by atoms with Crippen LogP contribution < -0.4 is 43.9 Å². The number of hydrogen-bond acceptors (Lipinski definition) is 30. The van der Waals surface area contributed by atoms with Crippen LogP contribution in [0.3, 0.4) is 0 Å². The van der Waals surface area contributed by atoms with E-state index in [4.69, 9.17) is 90.3 Å². The molecule has 0 radical (unpaired) electrons. The number of phosphoric ester groups is 1. The zero-order valence-electron chi connectivity index (χ0n) is 53.7. The molecule has 1 aromatic heterocycles. The maximum Gasteiger partial charge on any atom is 0.490 e. The smallest absolute Gasteiger partial charge is 0.478 e. The molecule has 3 heterocycles. The second kappa shape index (κ2) is 42.7. The van der Waals surface area contributed by atoms with Gasteiger partial charge in [-0.15, -0.1) is 25.3 Å². The standard InChI is InChI=1S/C55H72N11O22P3S2.2O3S/c1-35(36-11-14-40(52(68)69)43(27-36)50-41-15-12-38(56)28-44(41)85-45-29-39(57)13-16-42(45)50)60-20-24-80-26-25-79-22-8-10-49(67)82-23-17-55(2,3)93-92-34-81-21-6-4-5-18-61-53(70)62-19-7-9-37-31-66(54(71)64-51(37)58)48-30-46(83-33-63-65-59)47(86-48)32-84-90(75,76)88-91(77,78)87-89(72,73)74;2*1-4(2)3/h11-16,27-29,31,46-48,56,60H,1,4-6,8,10,17-26,30,32-34,57H2,2-3H3,(H,68,69)(H,75,76)(H,77,78)(H2,58,64,71)(H2,61,62,70)(H2,72,73,74);;/p+1/t46?,47-,48-;;/m1../s1. The molecule has 554 valence electrons. The van der Waals surface area contributed by atoms with Crippen molar-refractivity contribution in [3.05, 3.63) is 110 Å². The highest BCUT2D eigenvalue weighted by atomic mass is 33.1. The Morgan fingerprint density at radius 1 is 0.871 bits per heavy atom. The van der Waals surface area contributed by atoms with Crippen LogP contribution in [0.5, 0.6) is 0 Å². The summed E-state index contributed by atoms with van der Waals surface area (Å²) in [7, 11) is -20.1. The van der Waals surface area contributed by atoms with E-state index in [2.05, 4.69) is 76.4 Å². The molecule has 0 bridgehead atoms. The van der Waals surface area contributed by atoms with Gasteiger partial charge in [-0.25, -0.2) is 28.1 Å². The lowest BCUT2D eigenvalue weighted by atomic mass is 9.89. The summed E-state index contributed by atoms with van der Waals surface area (Å²) in [5.41, 5.74) is 23.9. The summed E-state index contributed by atoms with van der Waals surface area (Å²) in [5, 5.41) is 29.3. The number of nitrogens with one attached hydrogen (secondary N) is 3. The Hall–Kier alpha value is -7.62. The van der Waals surface area contributed by atoms with Crippen LogP contribution in [0.1, 0.15) is 86.5 Å². The molecule has 3 aromatic rings. The number of amides is 2. The summed E-state index contributed by atoms with van der Waals surface area (Å²) in [4.78, 5) is 93.3. The molecule has 1 fully saturated rings. The van der Waals surface area contributed by atoms with E-state index in [1.165, 1.54) is 6.20 Å². The van der Waals surface area contributed by atoms with Gasteiger partial charge in [0.05, 0.1) is 62.9 Å². The van der Waals surface area contributed by atoms with Crippen LogP contribution in [0.25, 0.3) is 49.6 Å². The van der Waals surface area contributed by atoms with Gasteiger partial charge in [0.2, 0.25) is 0 Å². The van der Waals surface area contributed by atoms with Crippen LogP contribution in [0.15, 0.2) is 81.7 Å². The normalized spacial score (nSPS) is 15.3. The highest BCUT2D eigenvalue weighted by Gasteiger charge is 2.44. The van der Waals surface area contributed by atoms with Gasteiger partial charge in [-0.05, 0) is 92.9 Å². The lowest BCUT2D eigenvalue weighted by Gasteiger charge is -2.22. The van der Waals surface area contributed by atoms with Crippen molar-refractivity contribution in [3.63, 3.8) is 0 Å². The summed E-state index contributed by atoms with van der Waals surface area (Å²) >= 11 is 0. The molecule has 14 N–H and O–H groups in total. The van der Waals surface area contributed by atoms with Crippen molar-refractivity contribution in [1.82, 2.24) is 25.5 Å². The van der Waals surface area contributed by atoms with Gasteiger partial charge in [-0.2, -0.15) is 13.6 Å². The first-order chi connectivity index (χ1) is 47.6. The predicted molar refractivity (Wildman–Crippen MR) is 360 cm³/mol. The zero-order chi connectivity index (χ0) is 74.9. The molecule has 2 aliphatic heterocycles. The number of aromatic carboxylic acids is 1. The van der Waals surface area contributed by atoms with Crippen molar-refractivity contribution < 1.29 is 129 Å². The van der Waals surface area contributed by atoms with Crippen molar-refractivity contribution in [2.45, 2.75) is 82.0 Å². The van der Waals surface area contributed by atoms with Crippen LogP contribution in [-0.4, -0.2) is 173 Å². The molecule has 0 spiro atoms. The van der Waals surface area contributed by atoms with E-state index in [-0.39, 0.29) is 53.7 Å². The predicted octanol–water partition coefficient (Wildman–Crippen LogP) is 3.52. The number of hydrogen-bond donors (Lipinski definition) is 11. The van der Waals surface area contributed by atoms with Crippen LogP contribution >= 0.6 is 45.1 Å². The first-order valence-corrected chi connectivity index (χ1v) is 38.3. The molecular formula is C55H73N11O28P3S4+. The van der Waals surface area contributed by atoms with Crippen LogP contribution in [0, 0.1) is 11.8 Å². The number of carboxylic acid groups (broad SMARTS) is 1. The minimum absolute atomic E-state index is 0.0433. The largest absolute Gasteiger partial charge is 0.490 e. The van der Waals surface area contributed by atoms with Gasteiger partial charge in [0.1, 0.15) is 42.2 Å². The maximum absolute atomic E-state index is 12.9. The molecule has 3 unspecified atom stereocenters. The van der Waals surface area contributed by atoms with Gasteiger partial charge in [-0.1, -0.05) is 51.2 Å². The maximum atomic E-state index is 12.9. The number of unbranched alkanes of at least 4 members (excludes halogenated alkanes) is 2. The zero-order valence-corrected chi connectivity index (χ0v) is 59.7. The Balaban J connectivity index is 0.00000256.